The molecular formula is C11H13O2+. The molecule has 68 valence electrons. The maximum Gasteiger partial charge on any atom is 0.341 e. The summed E-state index contributed by atoms with van der Waals surface area (Å²) in [6.07, 6.45) is 0. The molecular weight excluding hydrogens is 164 g/mol. The second kappa shape index (κ2) is 3.52. The van der Waals surface area contributed by atoms with Crippen LogP contribution in [0.2, 0.25) is 0 Å². The number of esters is 1. The third-order valence-electron chi connectivity index (χ3n) is 1.38. The average molecular weight is 177 g/mol. The molecule has 0 aliphatic heterocycles. The highest BCUT2D eigenvalue weighted by molar-refractivity contribution is 5.89. The summed E-state index contributed by atoms with van der Waals surface area (Å²) >= 11 is 0. The van der Waals surface area contributed by atoms with Crippen molar-refractivity contribution >= 4 is 5.97 Å². The summed E-state index contributed by atoms with van der Waals surface area (Å²) in [6, 6.07) is 8.88. The van der Waals surface area contributed by atoms with E-state index in [1.807, 2.05) is 6.07 Å². The minimum absolute atomic E-state index is 0.333. The van der Waals surface area contributed by atoms with Crippen LogP contribution >= 0.6 is 0 Å². The normalized spacial score (nSPS) is 10.9. The molecule has 0 amide bonds. The lowest BCUT2D eigenvalue weighted by atomic mass is 10.2. The van der Waals surface area contributed by atoms with E-state index in [1.54, 1.807) is 38.1 Å². The molecule has 0 aliphatic carbocycles. The van der Waals surface area contributed by atoms with Gasteiger partial charge in [-0.2, -0.15) is 0 Å². The van der Waals surface area contributed by atoms with Gasteiger partial charge in [0.25, 0.3) is 0 Å². The Balaban J connectivity index is 2.71. The van der Waals surface area contributed by atoms with E-state index < -0.39 is 5.60 Å². The molecule has 1 aromatic rings. The monoisotopic (exact) mass is 177 g/mol. The van der Waals surface area contributed by atoms with Crippen molar-refractivity contribution in [3.63, 3.8) is 0 Å². The van der Waals surface area contributed by atoms with Crippen molar-refractivity contribution in [2.24, 2.45) is 0 Å². The first-order valence-electron chi connectivity index (χ1n) is 4.13. The summed E-state index contributed by atoms with van der Waals surface area (Å²) in [6.45, 7) is 7.18. The smallest absolute Gasteiger partial charge is 0.341 e. The van der Waals surface area contributed by atoms with Crippen molar-refractivity contribution in [1.82, 2.24) is 0 Å². The zero-order valence-electron chi connectivity index (χ0n) is 7.91. The standard InChI is InChI=1S/C11H13O2/c1-11(2,3)13-10(12)9-7-5-4-6-8-9/h4-8H,1H2,2-3H3/q+1. The predicted molar refractivity (Wildman–Crippen MR) is 51.3 cm³/mol. The van der Waals surface area contributed by atoms with Gasteiger partial charge in [-0.3, -0.25) is 0 Å². The maximum atomic E-state index is 11.4. The molecule has 1 aromatic carbocycles. The lowest BCUT2D eigenvalue weighted by Crippen LogP contribution is -2.24. The molecule has 0 saturated heterocycles. The van der Waals surface area contributed by atoms with Crippen LogP contribution in [0, 0.1) is 6.92 Å². The van der Waals surface area contributed by atoms with Crippen LogP contribution in [0.5, 0.6) is 0 Å². The minimum Gasteiger partial charge on any atom is -0.415 e. The Hall–Kier alpha value is -1.44. The van der Waals surface area contributed by atoms with E-state index in [-0.39, 0.29) is 5.97 Å². The van der Waals surface area contributed by atoms with Gasteiger partial charge in [-0.25, -0.2) is 4.79 Å². The topological polar surface area (TPSA) is 26.3 Å². The Kier molecular flexibility index (Phi) is 2.61. The Bertz CT molecular complexity index is 283. The van der Waals surface area contributed by atoms with Crippen molar-refractivity contribution in [3.05, 3.63) is 42.8 Å². The Labute approximate surface area is 78.5 Å². The number of carbonyl (C=O) groups is 1. The molecule has 0 spiro atoms. The van der Waals surface area contributed by atoms with Gasteiger partial charge < -0.3 is 4.74 Å². The van der Waals surface area contributed by atoms with Crippen LogP contribution in [0.25, 0.3) is 0 Å². The van der Waals surface area contributed by atoms with Crippen molar-refractivity contribution in [2.45, 2.75) is 19.4 Å². The lowest BCUT2D eigenvalue weighted by molar-refractivity contribution is 0.0164. The van der Waals surface area contributed by atoms with E-state index in [0.29, 0.717) is 5.56 Å². The third kappa shape index (κ3) is 3.20. The summed E-state index contributed by atoms with van der Waals surface area (Å²) < 4.78 is 5.07. The fourth-order valence-corrected chi connectivity index (χ4v) is 0.884. The first-order valence-corrected chi connectivity index (χ1v) is 4.13. The quantitative estimate of drug-likeness (QED) is 0.512. The molecule has 2 heteroatoms. The Morgan fingerprint density at radius 1 is 1.31 bits per heavy atom. The number of ether oxygens (including phenoxy) is 1. The van der Waals surface area contributed by atoms with E-state index in [9.17, 15) is 4.79 Å². The van der Waals surface area contributed by atoms with Crippen molar-refractivity contribution in [2.75, 3.05) is 0 Å². The van der Waals surface area contributed by atoms with Gasteiger partial charge in [-0.15, -0.1) is 0 Å². The van der Waals surface area contributed by atoms with E-state index in [4.69, 9.17) is 4.74 Å². The predicted octanol–water partition coefficient (Wildman–Crippen LogP) is 2.46. The minimum atomic E-state index is -0.674. The van der Waals surface area contributed by atoms with Crippen LogP contribution < -0.4 is 0 Å². The molecule has 1 rings (SSSR count). The van der Waals surface area contributed by atoms with Gasteiger partial charge in [-0.05, 0) is 12.1 Å². The lowest BCUT2D eigenvalue weighted by Gasteiger charge is -2.12. The zero-order valence-corrected chi connectivity index (χ0v) is 7.91. The van der Waals surface area contributed by atoms with Crippen LogP contribution in [0.4, 0.5) is 0 Å². The van der Waals surface area contributed by atoms with Gasteiger partial charge in [0.2, 0.25) is 5.60 Å². The molecule has 0 N–H and O–H groups in total. The number of carbonyl (C=O) groups excluding carboxylic acids is 1. The van der Waals surface area contributed by atoms with Crippen LogP contribution in [0.15, 0.2) is 30.3 Å². The molecule has 0 aliphatic rings. The highest BCUT2D eigenvalue weighted by atomic mass is 16.6. The molecule has 0 radical (unpaired) electrons. The fraction of sp³-hybridized carbons (Fsp3) is 0.273. The highest BCUT2D eigenvalue weighted by Gasteiger charge is 2.23. The van der Waals surface area contributed by atoms with Gasteiger partial charge >= 0.3 is 5.97 Å². The second-order valence-corrected chi connectivity index (χ2v) is 3.52. The van der Waals surface area contributed by atoms with E-state index in [2.05, 4.69) is 6.92 Å². The first-order chi connectivity index (χ1) is 5.99. The maximum absolute atomic E-state index is 11.4. The first kappa shape index (κ1) is 9.65. The summed E-state index contributed by atoms with van der Waals surface area (Å²) in [5.74, 6) is -0.333. The van der Waals surface area contributed by atoms with Gasteiger partial charge in [0.15, 0.2) is 0 Å². The van der Waals surface area contributed by atoms with E-state index >= 15 is 0 Å². The second-order valence-electron chi connectivity index (χ2n) is 3.52. The SMILES string of the molecule is [CH2+]C(C)(C)OC(=O)c1ccccc1. The third-order valence-corrected chi connectivity index (χ3v) is 1.38. The van der Waals surface area contributed by atoms with Crippen LogP contribution in [0.1, 0.15) is 24.2 Å². The van der Waals surface area contributed by atoms with Crippen LogP contribution in [-0.4, -0.2) is 11.6 Å². The van der Waals surface area contributed by atoms with E-state index in [1.165, 1.54) is 0 Å². The number of rotatable bonds is 2. The summed E-state index contributed by atoms with van der Waals surface area (Å²) in [4.78, 5) is 11.4. The molecule has 0 aromatic heterocycles. The molecule has 0 heterocycles. The summed E-state index contributed by atoms with van der Waals surface area (Å²) in [7, 11) is 0. The largest absolute Gasteiger partial charge is 0.415 e. The molecule has 0 unspecified atom stereocenters. The van der Waals surface area contributed by atoms with Gasteiger partial charge in [0.05, 0.1) is 5.56 Å². The van der Waals surface area contributed by atoms with Gasteiger partial charge in [-0.1, -0.05) is 18.2 Å². The number of hydrogen-bond acceptors (Lipinski definition) is 2. The molecule has 0 atom stereocenters. The van der Waals surface area contributed by atoms with E-state index in [0.717, 1.165) is 0 Å². The zero-order chi connectivity index (χ0) is 9.90. The van der Waals surface area contributed by atoms with Gasteiger partial charge in [0, 0.05) is 13.8 Å². The molecule has 0 fully saturated rings. The van der Waals surface area contributed by atoms with Crippen LogP contribution in [0.3, 0.4) is 0 Å². The molecule has 2 nitrogen and oxygen atoms in total. The molecule has 13 heavy (non-hydrogen) atoms. The summed E-state index contributed by atoms with van der Waals surface area (Å²) in [5.41, 5.74) is -0.119. The Morgan fingerprint density at radius 3 is 2.31 bits per heavy atom. The number of benzene rings is 1. The Morgan fingerprint density at radius 2 is 1.85 bits per heavy atom. The van der Waals surface area contributed by atoms with Crippen molar-refractivity contribution in [3.8, 4) is 0 Å². The van der Waals surface area contributed by atoms with Crippen LogP contribution in [-0.2, 0) is 4.74 Å². The van der Waals surface area contributed by atoms with Crippen molar-refractivity contribution < 1.29 is 9.53 Å². The fourth-order valence-electron chi connectivity index (χ4n) is 0.884. The number of hydrogen-bond donors (Lipinski definition) is 0. The highest BCUT2D eigenvalue weighted by Crippen LogP contribution is 2.10. The van der Waals surface area contributed by atoms with Gasteiger partial charge in [0.1, 0.15) is 6.92 Å². The van der Waals surface area contributed by atoms with Crippen molar-refractivity contribution in [1.29, 1.82) is 0 Å². The summed E-state index contributed by atoms with van der Waals surface area (Å²) in [5, 5.41) is 0. The molecule has 0 bridgehead atoms. The molecule has 0 saturated carbocycles. The average Bonchev–Trinajstić information content (AvgIpc) is 2.03.